The monoisotopic (exact) mass is 555 g/mol. The van der Waals surface area contributed by atoms with Crippen LogP contribution in [0.25, 0.3) is 10.4 Å². The van der Waals surface area contributed by atoms with Crippen LogP contribution in [0.2, 0.25) is 0 Å². The lowest BCUT2D eigenvalue weighted by Crippen LogP contribution is -2.53. The first-order valence-corrected chi connectivity index (χ1v) is 11.8. The number of carbonyl (C=O) groups excluding carboxylic acids is 2. The summed E-state index contributed by atoms with van der Waals surface area (Å²) in [6.45, 7) is 10.7. The highest BCUT2D eigenvalue weighted by molar-refractivity contribution is 9.10. The van der Waals surface area contributed by atoms with Crippen molar-refractivity contribution >= 4 is 27.8 Å². The Hall–Kier alpha value is -2.93. The molecule has 1 saturated heterocycles. The predicted octanol–water partition coefficient (Wildman–Crippen LogP) is 1.49. The van der Waals surface area contributed by atoms with Crippen molar-refractivity contribution in [3.05, 3.63) is 54.6 Å². The van der Waals surface area contributed by atoms with Crippen LogP contribution < -0.4 is 22.3 Å². The number of carbonyl (C=O) groups is 2. The molecular weight excluding hydrogens is 526 g/mol. The van der Waals surface area contributed by atoms with E-state index in [0.29, 0.717) is 0 Å². The maximum atomic E-state index is 13.1. The van der Waals surface area contributed by atoms with Crippen LogP contribution in [0.3, 0.4) is 0 Å². The number of hydrogen-bond donors (Lipinski definition) is 3. The number of aromatic nitrogens is 2. The molecule has 1 amide bonds. The van der Waals surface area contributed by atoms with Gasteiger partial charge in [-0.2, -0.15) is 0 Å². The second-order valence-electron chi connectivity index (χ2n) is 8.84. The molecule has 14 heteroatoms. The third-order valence-electron chi connectivity index (χ3n) is 5.62. The Bertz CT molecular complexity index is 1110. The molecule has 1 fully saturated rings. The van der Waals surface area contributed by atoms with E-state index in [1.807, 2.05) is 0 Å². The number of amides is 1. The van der Waals surface area contributed by atoms with Gasteiger partial charge in [-0.05, 0) is 33.3 Å². The maximum Gasteiger partial charge on any atom is 0.330 e. The van der Waals surface area contributed by atoms with Crippen LogP contribution in [-0.4, -0.2) is 51.8 Å². The van der Waals surface area contributed by atoms with Gasteiger partial charge in [0, 0.05) is 17.5 Å². The van der Waals surface area contributed by atoms with E-state index in [-0.39, 0.29) is 22.7 Å². The number of nitrogens with zero attached hydrogens (tertiary/aromatic N) is 4. The summed E-state index contributed by atoms with van der Waals surface area (Å²) in [5.74, 6) is -1.69. The molecule has 2 heterocycles. The van der Waals surface area contributed by atoms with Crippen LogP contribution in [0.4, 0.5) is 0 Å². The number of azide groups is 1. The highest BCUT2D eigenvalue weighted by Gasteiger charge is 2.44. The first-order chi connectivity index (χ1) is 16.4. The van der Waals surface area contributed by atoms with Crippen molar-refractivity contribution in [2.24, 2.45) is 22.7 Å². The van der Waals surface area contributed by atoms with Gasteiger partial charge in [0.15, 0.2) is 0 Å². The molecule has 192 valence electrons. The second kappa shape index (κ2) is 12.2. The molecule has 1 aromatic heterocycles. The summed E-state index contributed by atoms with van der Waals surface area (Å²) >= 11 is 3.07. The van der Waals surface area contributed by atoms with Crippen LogP contribution >= 0.6 is 15.9 Å². The van der Waals surface area contributed by atoms with Gasteiger partial charge in [-0.15, -0.1) is 6.58 Å². The van der Waals surface area contributed by atoms with Gasteiger partial charge in [-0.1, -0.05) is 38.9 Å². The van der Waals surface area contributed by atoms with Gasteiger partial charge in [0.1, 0.15) is 24.5 Å². The van der Waals surface area contributed by atoms with E-state index in [2.05, 4.69) is 42.8 Å². The standard InChI is InChI=1S/C21H30BrN7O6/c1-6-12(27-28-24)17-13(7-14(35-17)29-8-11(22)18(30)26-21(29)33)34-20(32)16(10(4)5)25-19(31)15(23)9(2)3/h6,8-10,12-17H,1,7,23H2,2-5H3,(H,25,31)(H,26,30,33)/t12?,13-,14+,15-,16-,17+/m0/s1. The van der Waals surface area contributed by atoms with Crippen molar-refractivity contribution in [2.45, 2.75) is 70.7 Å². The highest BCUT2D eigenvalue weighted by atomic mass is 79.9. The molecular formula is C21H30BrN7O6. The summed E-state index contributed by atoms with van der Waals surface area (Å²) in [6.07, 6.45) is -0.288. The first-order valence-electron chi connectivity index (χ1n) is 11.0. The fourth-order valence-corrected chi connectivity index (χ4v) is 3.83. The van der Waals surface area contributed by atoms with Crippen LogP contribution in [0, 0.1) is 11.8 Å². The van der Waals surface area contributed by atoms with Gasteiger partial charge in [-0.25, -0.2) is 9.59 Å². The second-order valence-corrected chi connectivity index (χ2v) is 9.70. The van der Waals surface area contributed by atoms with E-state index in [9.17, 15) is 19.2 Å². The Labute approximate surface area is 209 Å². The summed E-state index contributed by atoms with van der Waals surface area (Å²) in [5.41, 5.74) is 13.5. The number of hydrogen-bond acceptors (Lipinski definition) is 8. The van der Waals surface area contributed by atoms with E-state index in [0.717, 1.165) is 4.57 Å². The fraction of sp³-hybridized carbons (Fsp3) is 0.619. The average molecular weight is 556 g/mol. The third-order valence-corrected chi connectivity index (χ3v) is 6.18. The first kappa shape index (κ1) is 28.3. The SMILES string of the molecule is C=CC(N=[N+]=[N-])[C@H]1O[C@@H](n2cc(Br)c(=O)[nH]c2=O)C[C@@H]1OC(=O)[C@@H](NC(=O)[C@@H](N)C(C)C)C(C)C. The molecule has 0 spiro atoms. The van der Waals surface area contributed by atoms with E-state index < -0.39 is 59.7 Å². The van der Waals surface area contributed by atoms with Crippen molar-refractivity contribution in [2.75, 3.05) is 0 Å². The van der Waals surface area contributed by atoms with Gasteiger partial charge in [0.25, 0.3) is 5.56 Å². The molecule has 1 aliphatic rings. The lowest BCUT2D eigenvalue weighted by molar-refractivity contribution is -0.157. The summed E-state index contributed by atoms with van der Waals surface area (Å²) in [7, 11) is 0. The molecule has 2 rings (SSSR count). The number of H-pyrrole nitrogens is 1. The predicted molar refractivity (Wildman–Crippen MR) is 130 cm³/mol. The number of rotatable bonds is 10. The molecule has 1 aliphatic heterocycles. The third kappa shape index (κ3) is 6.82. The molecule has 0 radical (unpaired) electrons. The molecule has 0 aliphatic carbocycles. The Morgan fingerprint density at radius 1 is 1.40 bits per heavy atom. The van der Waals surface area contributed by atoms with Crippen molar-refractivity contribution in [3.63, 3.8) is 0 Å². The summed E-state index contributed by atoms with van der Waals surface area (Å²) in [4.78, 5) is 54.6. The van der Waals surface area contributed by atoms with Crippen LogP contribution in [0.1, 0.15) is 40.3 Å². The van der Waals surface area contributed by atoms with Gasteiger partial charge in [-0.3, -0.25) is 19.1 Å². The number of aromatic amines is 1. The zero-order valence-corrected chi connectivity index (χ0v) is 21.5. The topological polar surface area (TPSA) is 194 Å². The molecule has 0 bridgehead atoms. The minimum Gasteiger partial charge on any atom is -0.458 e. The van der Waals surface area contributed by atoms with Crippen LogP contribution in [0.15, 0.2) is 38.0 Å². The number of nitrogens with two attached hydrogens (primary N) is 1. The highest BCUT2D eigenvalue weighted by Crippen LogP contribution is 2.33. The van der Waals surface area contributed by atoms with Crippen molar-refractivity contribution in [3.8, 4) is 0 Å². The van der Waals surface area contributed by atoms with Gasteiger partial charge in [0.05, 0.1) is 16.6 Å². The normalized spacial score (nSPS) is 22.2. The van der Waals surface area contributed by atoms with Crippen LogP contribution in [-0.2, 0) is 19.1 Å². The number of halogens is 1. The Morgan fingerprint density at radius 3 is 2.60 bits per heavy atom. The van der Waals surface area contributed by atoms with Crippen molar-refractivity contribution in [1.82, 2.24) is 14.9 Å². The van der Waals surface area contributed by atoms with Gasteiger partial charge in [0.2, 0.25) is 5.91 Å². The number of esters is 1. The summed E-state index contributed by atoms with van der Waals surface area (Å²) < 4.78 is 12.9. The molecule has 4 N–H and O–H groups in total. The average Bonchev–Trinajstić information content (AvgIpc) is 3.19. The van der Waals surface area contributed by atoms with Gasteiger partial charge >= 0.3 is 11.7 Å². The summed E-state index contributed by atoms with van der Waals surface area (Å²) in [6, 6.07) is -2.73. The number of nitrogens with one attached hydrogen (secondary N) is 2. The molecule has 13 nitrogen and oxygen atoms in total. The quantitative estimate of drug-likeness (QED) is 0.128. The number of ether oxygens (including phenoxy) is 2. The largest absolute Gasteiger partial charge is 0.458 e. The Balaban J connectivity index is 2.34. The van der Waals surface area contributed by atoms with Crippen LogP contribution in [0.5, 0.6) is 0 Å². The molecule has 1 aromatic rings. The Morgan fingerprint density at radius 2 is 2.06 bits per heavy atom. The molecule has 1 unspecified atom stereocenters. The van der Waals surface area contributed by atoms with E-state index in [4.69, 9.17) is 20.7 Å². The van der Waals surface area contributed by atoms with E-state index in [1.54, 1.807) is 27.7 Å². The smallest absolute Gasteiger partial charge is 0.330 e. The zero-order chi connectivity index (χ0) is 26.4. The molecule has 35 heavy (non-hydrogen) atoms. The van der Waals surface area contributed by atoms with Crippen molar-refractivity contribution in [1.29, 1.82) is 0 Å². The van der Waals surface area contributed by atoms with E-state index in [1.165, 1.54) is 12.3 Å². The lowest BCUT2D eigenvalue weighted by Gasteiger charge is -2.27. The molecule has 6 atom stereocenters. The minimum atomic E-state index is -1.00. The fourth-order valence-electron chi connectivity index (χ4n) is 3.51. The Kier molecular flexibility index (Phi) is 9.83. The molecule has 0 aromatic carbocycles. The van der Waals surface area contributed by atoms with E-state index >= 15 is 0 Å². The summed E-state index contributed by atoms with van der Waals surface area (Å²) in [5, 5.41) is 6.28. The molecule has 0 saturated carbocycles. The van der Waals surface area contributed by atoms with Gasteiger partial charge < -0.3 is 20.5 Å². The minimum absolute atomic E-state index is 0.00432. The zero-order valence-electron chi connectivity index (χ0n) is 19.9. The maximum absolute atomic E-state index is 13.1. The lowest BCUT2D eigenvalue weighted by atomic mass is 10.0. The van der Waals surface area contributed by atoms with Crippen molar-refractivity contribution < 1.29 is 19.1 Å².